The number of halogens is 1. The highest BCUT2D eigenvalue weighted by Gasteiger charge is 2.09. The van der Waals surface area contributed by atoms with E-state index in [4.69, 9.17) is 11.2 Å². The maximum atomic E-state index is 13.5. The van der Waals surface area contributed by atoms with Gasteiger partial charge in [0, 0.05) is 12.0 Å². The van der Waals surface area contributed by atoms with Crippen LogP contribution in [0.15, 0.2) is 12.1 Å². The summed E-state index contributed by atoms with van der Waals surface area (Å²) in [5, 5.41) is 0. The molecule has 1 nitrogen and oxygen atoms in total. The van der Waals surface area contributed by atoms with Crippen LogP contribution in [0.3, 0.4) is 0 Å². The Hall–Kier alpha value is -1.49. The summed E-state index contributed by atoms with van der Waals surface area (Å²) in [6.07, 6.45) is 6.18. The van der Waals surface area contributed by atoms with Gasteiger partial charge < -0.3 is 4.74 Å². The molecule has 0 atom stereocenters. The van der Waals surface area contributed by atoms with E-state index in [0.717, 1.165) is 5.56 Å². The van der Waals surface area contributed by atoms with E-state index in [1.54, 1.807) is 0 Å². The van der Waals surface area contributed by atoms with E-state index in [9.17, 15) is 4.39 Å². The largest absolute Gasteiger partial charge is 0.496 e. The number of benzene rings is 1. The molecule has 0 saturated heterocycles. The Morgan fingerprint density at radius 2 is 2.21 bits per heavy atom. The minimum atomic E-state index is -0.239. The van der Waals surface area contributed by atoms with Crippen molar-refractivity contribution >= 4 is 0 Å². The maximum absolute atomic E-state index is 13.5. The van der Waals surface area contributed by atoms with Gasteiger partial charge in [0.1, 0.15) is 11.6 Å². The highest BCUT2D eigenvalue weighted by atomic mass is 19.1. The van der Waals surface area contributed by atoms with E-state index in [-0.39, 0.29) is 5.82 Å². The minimum Gasteiger partial charge on any atom is -0.496 e. The minimum absolute atomic E-state index is 0.239. The van der Waals surface area contributed by atoms with Gasteiger partial charge in [0.15, 0.2) is 0 Å². The topological polar surface area (TPSA) is 9.23 Å². The highest BCUT2D eigenvalue weighted by Crippen LogP contribution is 2.24. The van der Waals surface area contributed by atoms with Crippen LogP contribution < -0.4 is 4.74 Å². The van der Waals surface area contributed by atoms with Crippen molar-refractivity contribution in [2.75, 3.05) is 7.11 Å². The van der Waals surface area contributed by atoms with E-state index in [2.05, 4.69) is 5.92 Å². The summed E-state index contributed by atoms with van der Waals surface area (Å²) in [6, 6.07) is 3.31. The van der Waals surface area contributed by atoms with Gasteiger partial charge >= 0.3 is 0 Å². The van der Waals surface area contributed by atoms with E-state index in [1.807, 2.05) is 13.0 Å². The van der Waals surface area contributed by atoms with Crippen LogP contribution in [0.1, 0.15) is 17.5 Å². The summed E-state index contributed by atoms with van der Waals surface area (Å²) < 4.78 is 18.6. The molecule has 0 saturated carbocycles. The SMILES string of the molecule is C#CCCc1c(F)cc(C)cc1OC. The van der Waals surface area contributed by atoms with Crippen molar-refractivity contribution < 1.29 is 9.13 Å². The Morgan fingerprint density at radius 1 is 1.50 bits per heavy atom. The van der Waals surface area contributed by atoms with Gasteiger partial charge in [0.25, 0.3) is 0 Å². The van der Waals surface area contributed by atoms with Gasteiger partial charge in [0.05, 0.1) is 7.11 Å². The number of terminal acetylenes is 1. The van der Waals surface area contributed by atoms with Crippen molar-refractivity contribution in [2.45, 2.75) is 19.8 Å². The van der Waals surface area contributed by atoms with Crippen LogP contribution in [0.2, 0.25) is 0 Å². The van der Waals surface area contributed by atoms with Gasteiger partial charge in [0.2, 0.25) is 0 Å². The fourth-order valence-corrected chi connectivity index (χ4v) is 1.36. The van der Waals surface area contributed by atoms with Crippen molar-refractivity contribution in [3.63, 3.8) is 0 Å². The van der Waals surface area contributed by atoms with Crippen LogP contribution in [0.25, 0.3) is 0 Å². The zero-order chi connectivity index (χ0) is 10.6. The first-order valence-corrected chi connectivity index (χ1v) is 4.45. The van der Waals surface area contributed by atoms with E-state index >= 15 is 0 Å². The summed E-state index contributed by atoms with van der Waals surface area (Å²) in [5.41, 5.74) is 1.42. The summed E-state index contributed by atoms with van der Waals surface area (Å²) >= 11 is 0. The van der Waals surface area contributed by atoms with Crippen molar-refractivity contribution in [3.05, 3.63) is 29.1 Å². The molecule has 0 spiro atoms. The molecule has 1 aromatic rings. The molecule has 0 aliphatic heterocycles. The molecule has 0 aliphatic rings. The van der Waals surface area contributed by atoms with Crippen molar-refractivity contribution in [3.8, 4) is 18.1 Å². The zero-order valence-electron chi connectivity index (χ0n) is 8.43. The van der Waals surface area contributed by atoms with Gasteiger partial charge in [-0.25, -0.2) is 4.39 Å². The quantitative estimate of drug-likeness (QED) is 0.669. The lowest BCUT2D eigenvalue weighted by Crippen LogP contribution is -1.97. The van der Waals surface area contributed by atoms with E-state index in [0.29, 0.717) is 24.2 Å². The number of rotatable bonds is 3. The molecule has 0 fully saturated rings. The van der Waals surface area contributed by atoms with Crippen molar-refractivity contribution in [1.29, 1.82) is 0 Å². The molecule has 74 valence electrons. The molecular formula is C12H13FO. The Kier molecular flexibility index (Phi) is 3.53. The average molecular weight is 192 g/mol. The van der Waals surface area contributed by atoms with Gasteiger partial charge in [-0.2, -0.15) is 0 Å². The molecule has 0 amide bonds. The molecule has 0 heterocycles. The Balaban J connectivity index is 3.06. The van der Waals surface area contributed by atoms with Crippen LogP contribution in [0.4, 0.5) is 4.39 Å². The van der Waals surface area contributed by atoms with Gasteiger partial charge in [-0.3, -0.25) is 0 Å². The van der Waals surface area contributed by atoms with Crippen molar-refractivity contribution in [1.82, 2.24) is 0 Å². The van der Waals surface area contributed by atoms with E-state index < -0.39 is 0 Å². The van der Waals surface area contributed by atoms with Gasteiger partial charge in [-0.05, 0) is 31.0 Å². The summed E-state index contributed by atoms with van der Waals surface area (Å²) in [6.45, 7) is 1.83. The maximum Gasteiger partial charge on any atom is 0.130 e. The lowest BCUT2D eigenvalue weighted by atomic mass is 10.1. The Morgan fingerprint density at radius 3 is 2.79 bits per heavy atom. The third kappa shape index (κ3) is 2.26. The predicted molar refractivity (Wildman–Crippen MR) is 54.8 cm³/mol. The molecule has 1 rings (SSSR count). The number of methoxy groups -OCH3 is 1. The number of aryl methyl sites for hydroxylation is 1. The zero-order valence-corrected chi connectivity index (χ0v) is 8.43. The molecule has 0 N–H and O–H groups in total. The van der Waals surface area contributed by atoms with Gasteiger partial charge in [-0.1, -0.05) is 0 Å². The normalized spacial score (nSPS) is 9.57. The standard InChI is InChI=1S/C12H13FO/c1-4-5-6-10-11(13)7-9(2)8-12(10)14-3/h1,7-8H,5-6H2,2-3H3. The van der Waals surface area contributed by atoms with E-state index in [1.165, 1.54) is 13.2 Å². The van der Waals surface area contributed by atoms with Crippen LogP contribution in [0.5, 0.6) is 5.75 Å². The Labute approximate surface area is 83.9 Å². The summed E-state index contributed by atoms with van der Waals surface area (Å²) in [4.78, 5) is 0. The van der Waals surface area contributed by atoms with Crippen LogP contribution >= 0.6 is 0 Å². The molecule has 1 aromatic carbocycles. The van der Waals surface area contributed by atoms with Crippen LogP contribution in [-0.4, -0.2) is 7.11 Å². The lowest BCUT2D eigenvalue weighted by molar-refractivity contribution is 0.404. The molecule has 0 unspecified atom stereocenters. The van der Waals surface area contributed by atoms with Gasteiger partial charge in [-0.15, -0.1) is 12.3 Å². The third-order valence-corrected chi connectivity index (χ3v) is 2.04. The Bertz CT molecular complexity index is 363. The highest BCUT2D eigenvalue weighted by molar-refractivity contribution is 5.38. The average Bonchev–Trinajstić information content (AvgIpc) is 2.15. The monoisotopic (exact) mass is 192 g/mol. The van der Waals surface area contributed by atoms with Crippen LogP contribution in [0, 0.1) is 25.1 Å². The molecule has 0 aliphatic carbocycles. The first-order chi connectivity index (χ1) is 6.69. The second-order valence-corrected chi connectivity index (χ2v) is 3.13. The molecule has 14 heavy (non-hydrogen) atoms. The lowest BCUT2D eigenvalue weighted by Gasteiger charge is -2.09. The van der Waals surface area contributed by atoms with Crippen molar-refractivity contribution in [2.24, 2.45) is 0 Å². The molecule has 0 bridgehead atoms. The number of ether oxygens (including phenoxy) is 1. The predicted octanol–water partition coefficient (Wildman–Crippen LogP) is 2.71. The first kappa shape index (κ1) is 10.6. The number of hydrogen-bond donors (Lipinski definition) is 0. The fraction of sp³-hybridized carbons (Fsp3) is 0.333. The summed E-state index contributed by atoms with van der Waals surface area (Å²) in [7, 11) is 1.54. The van der Waals surface area contributed by atoms with Crippen LogP contribution in [-0.2, 0) is 6.42 Å². The molecule has 0 radical (unpaired) electrons. The third-order valence-electron chi connectivity index (χ3n) is 2.04. The summed E-state index contributed by atoms with van der Waals surface area (Å²) in [5.74, 6) is 2.83. The molecule has 0 aromatic heterocycles. The second-order valence-electron chi connectivity index (χ2n) is 3.13. The first-order valence-electron chi connectivity index (χ1n) is 4.45. The molecule has 2 heteroatoms. The molecular weight excluding hydrogens is 179 g/mol. The smallest absolute Gasteiger partial charge is 0.130 e. The number of hydrogen-bond acceptors (Lipinski definition) is 1. The second kappa shape index (κ2) is 4.66. The fourth-order valence-electron chi connectivity index (χ4n) is 1.36.